The van der Waals surface area contributed by atoms with Crippen molar-refractivity contribution in [3.8, 4) is 5.75 Å². The van der Waals surface area contributed by atoms with E-state index in [1.165, 1.54) is 17.6 Å². The number of ether oxygens (including phenoxy) is 1. The molecule has 0 atom stereocenters. The first-order valence-electron chi connectivity index (χ1n) is 8.83. The second kappa shape index (κ2) is 9.70. The summed E-state index contributed by atoms with van der Waals surface area (Å²) in [5.74, 6) is 0.660. The zero-order valence-electron chi connectivity index (χ0n) is 15.4. The van der Waals surface area contributed by atoms with E-state index >= 15 is 0 Å². The van der Waals surface area contributed by atoms with Gasteiger partial charge in [-0.05, 0) is 42.7 Å². The topological polar surface area (TPSA) is 93.5 Å². The number of nitrogens with one attached hydrogen (secondary N) is 2. The van der Waals surface area contributed by atoms with Crippen LogP contribution in [-0.2, 0) is 17.6 Å². The molecule has 0 saturated heterocycles. The molecular weight excluding hydrogens is 378 g/mol. The van der Waals surface area contributed by atoms with Gasteiger partial charge in [0.05, 0.1) is 19.1 Å². The number of rotatable bonds is 9. The lowest BCUT2D eigenvalue weighted by molar-refractivity contribution is -0.121. The summed E-state index contributed by atoms with van der Waals surface area (Å²) in [7, 11) is 1.63. The number of amides is 2. The Morgan fingerprint density at radius 1 is 1.21 bits per heavy atom. The molecule has 28 heavy (non-hydrogen) atoms. The minimum atomic E-state index is -0.346. The Morgan fingerprint density at radius 2 is 2.11 bits per heavy atom. The summed E-state index contributed by atoms with van der Waals surface area (Å²) in [4.78, 5) is 28.3. The van der Waals surface area contributed by atoms with Crippen molar-refractivity contribution in [1.82, 2.24) is 10.3 Å². The molecule has 0 saturated carbocycles. The molecule has 3 rings (SSSR count). The third kappa shape index (κ3) is 5.68. The van der Waals surface area contributed by atoms with E-state index in [1.54, 1.807) is 19.2 Å². The number of furan rings is 1. The Kier molecular flexibility index (Phi) is 6.80. The number of methoxy groups -OCH3 is 1. The second-order valence-corrected chi connectivity index (χ2v) is 6.89. The zero-order chi connectivity index (χ0) is 19.8. The lowest BCUT2D eigenvalue weighted by atomic mass is 10.1. The van der Waals surface area contributed by atoms with Crippen LogP contribution in [0.3, 0.4) is 0 Å². The van der Waals surface area contributed by atoms with Gasteiger partial charge in [0, 0.05) is 18.3 Å². The van der Waals surface area contributed by atoms with Gasteiger partial charge in [-0.3, -0.25) is 14.9 Å². The third-order valence-corrected chi connectivity index (χ3v) is 4.80. The summed E-state index contributed by atoms with van der Waals surface area (Å²) in [5, 5.41) is 7.90. The number of carbonyl (C=O) groups is 2. The van der Waals surface area contributed by atoms with Crippen molar-refractivity contribution in [2.45, 2.75) is 19.3 Å². The number of benzene rings is 1. The van der Waals surface area contributed by atoms with Crippen molar-refractivity contribution in [3.05, 3.63) is 65.1 Å². The van der Waals surface area contributed by atoms with Crippen LogP contribution in [0.1, 0.15) is 28.2 Å². The zero-order valence-corrected chi connectivity index (χ0v) is 16.3. The Balaban J connectivity index is 1.38. The van der Waals surface area contributed by atoms with Crippen LogP contribution in [0.25, 0.3) is 0 Å². The van der Waals surface area contributed by atoms with E-state index in [2.05, 4.69) is 15.6 Å². The van der Waals surface area contributed by atoms with Gasteiger partial charge in [-0.25, -0.2) is 4.98 Å². The normalized spacial score (nSPS) is 10.5. The number of thiazole rings is 1. The smallest absolute Gasteiger partial charge is 0.293 e. The predicted octanol–water partition coefficient (Wildman–Crippen LogP) is 3.29. The standard InChI is InChI=1S/C20H21N3O4S/c1-26-16-5-2-4-14(12-16)9-10-21-18(24)8-7-15-13-28-20(22-15)23-19(25)17-6-3-11-27-17/h2-6,11-13H,7-10H2,1H3,(H,21,24)(H,22,23,25). The molecule has 0 aliphatic rings. The fourth-order valence-corrected chi connectivity index (χ4v) is 3.29. The van der Waals surface area contributed by atoms with E-state index in [4.69, 9.17) is 9.15 Å². The Labute approximate surface area is 166 Å². The minimum absolute atomic E-state index is 0.0305. The highest BCUT2D eigenvalue weighted by Gasteiger charge is 2.12. The molecular formula is C20H21N3O4S. The van der Waals surface area contributed by atoms with Crippen molar-refractivity contribution in [1.29, 1.82) is 0 Å². The second-order valence-electron chi connectivity index (χ2n) is 6.03. The van der Waals surface area contributed by atoms with Gasteiger partial charge < -0.3 is 14.5 Å². The van der Waals surface area contributed by atoms with Crippen LogP contribution in [0.4, 0.5) is 5.13 Å². The quantitative estimate of drug-likeness (QED) is 0.576. The number of anilines is 1. The molecule has 0 aliphatic heterocycles. The molecule has 2 amide bonds. The SMILES string of the molecule is COc1cccc(CCNC(=O)CCc2csc(NC(=O)c3ccco3)n2)c1. The Morgan fingerprint density at radius 3 is 2.89 bits per heavy atom. The fourth-order valence-electron chi connectivity index (χ4n) is 2.55. The van der Waals surface area contributed by atoms with E-state index in [0.717, 1.165) is 23.4 Å². The number of carbonyl (C=O) groups excluding carboxylic acids is 2. The van der Waals surface area contributed by atoms with Crippen LogP contribution in [-0.4, -0.2) is 30.5 Å². The minimum Gasteiger partial charge on any atom is -0.497 e. The van der Waals surface area contributed by atoms with E-state index < -0.39 is 0 Å². The van der Waals surface area contributed by atoms with E-state index in [0.29, 0.717) is 24.5 Å². The van der Waals surface area contributed by atoms with Gasteiger partial charge in [-0.15, -0.1) is 11.3 Å². The van der Waals surface area contributed by atoms with Crippen LogP contribution in [0.2, 0.25) is 0 Å². The molecule has 2 N–H and O–H groups in total. The average Bonchev–Trinajstić information content (AvgIpc) is 3.39. The maximum absolute atomic E-state index is 12.0. The fraction of sp³-hybridized carbons (Fsp3) is 0.250. The van der Waals surface area contributed by atoms with Crippen molar-refractivity contribution < 1.29 is 18.7 Å². The van der Waals surface area contributed by atoms with E-state index in [1.807, 2.05) is 29.6 Å². The van der Waals surface area contributed by atoms with Crippen LogP contribution in [0.5, 0.6) is 5.75 Å². The van der Waals surface area contributed by atoms with Crippen LogP contribution >= 0.6 is 11.3 Å². The molecule has 0 radical (unpaired) electrons. The number of nitrogens with zero attached hydrogens (tertiary/aromatic N) is 1. The summed E-state index contributed by atoms with van der Waals surface area (Å²) >= 11 is 1.32. The third-order valence-electron chi connectivity index (χ3n) is 4.00. The Bertz CT molecular complexity index is 921. The number of hydrogen-bond acceptors (Lipinski definition) is 6. The number of hydrogen-bond donors (Lipinski definition) is 2. The first kappa shape index (κ1) is 19.6. The van der Waals surface area contributed by atoms with Gasteiger partial charge in [-0.2, -0.15) is 0 Å². The van der Waals surface area contributed by atoms with Crippen LogP contribution in [0.15, 0.2) is 52.5 Å². The highest BCUT2D eigenvalue weighted by Crippen LogP contribution is 2.18. The molecule has 2 aromatic heterocycles. The molecule has 8 heteroatoms. The first-order valence-corrected chi connectivity index (χ1v) is 9.71. The van der Waals surface area contributed by atoms with E-state index in [-0.39, 0.29) is 17.6 Å². The largest absolute Gasteiger partial charge is 0.497 e. The van der Waals surface area contributed by atoms with Crippen molar-refractivity contribution >= 4 is 28.3 Å². The summed E-state index contributed by atoms with van der Waals surface area (Å²) < 4.78 is 10.2. The summed E-state index contributed by atoms with van der Waals surface area (Å²) in [6.45, 7) is 0.563. The lowest BCUT2D eigenvalue weighted by Crippen LogP contribution is -2.25. The molecule has 1 aromatic carbocycles. The molecule has 0 fully saturated rings. The number of aryl methyl sites for hydroxylation is 1. The predicted molar refractivity (Wildman–Crippen MR) is 107 cm³/mol. The summed E-state index contributed by atoms with van der Waals surface area (Å²) in [6, 6.07) is 11.0. The van der Waals surface area contributed by atoms with Gasteiger partial charge in [0.2, 0.25) is 5.91 Å². The molecule has 146 valence electrons. The molecule has 0 bridgehead atoms. The van der Waals surface area contributed by atoms with Crippen LogP contribution in [0, 0.1) is 0 Å². The van der Waals surface area contributed by atoms with Gasteiger partial charge in [-0.1, -0.05) is 12.1 Å². The van der Waals surface area contributed by atoms with Crippen molar-refractivity contribution in [2.75, 3.05) is 19.0 Å². The van der Waals surface area contributed by atoms with Gasteiger partial charge in [0.1, 0.15) is 5.75 Å². The highest BCUT2D eigenvalue weighted by atomic mass is 32.1. The number of aromatic nitrogens is 1. The van der Waals surface area contributed by atoms with E-state index in [9.17, 15) is 9.59 Å². The van der Waals surface area contributed by atoms with Gasteiger partial charge in [0.15, 0.2) is 10.9 Å². The Hall–Kier alpha value is -3.13. The highest BCUT2D eigenvalue weighted by molar-refractivity contribution is 7.13. The summed E-state index contributed by atoms with van der Waals surface area (Å²) in [5.41, 5.74) is 1.87. The lowest BCUT2D eigenvalue weighted by Gasteiger charge is -2.06. The molecule has 0 spiro atoms. The van der Waals surface area contributed by atoms with Crippen molar-refractivity contribution in [3.63, 3.8) is 0 Å². The van der Waals surface area contributed by atoms with Gasteiger partial charge in [0.25, 0.3) is 5.91 Å². The molecule has 7 nitrogen and oxygen atoms in total. The monoisotopic (exact) mass is 399 g/mol. The van der Waals surface area contributed by atoms with Gasteiger partial charge >= 0.3 is 0 Å². The first-order chi connectivity index (χ1) is 13.6. The maximum Gasteiger partial charge on any atom is 0.293 e. The molecule has 2 heterocycles. The summed E-state index contributed by atoms with van der Waals surface area (Å²) in [6.07, 6.45) is 3.03. The average molecular weight is 399 g/mol. The maximum atomic E-state index is 12.0. The molecule has 0 unspecified atom stereocenters. The van der Waals surface area contributed by atoms with Crippen LogP contribution < -0.4 is 15.4 Å². The molecule has 3 aromatic rings. The molecule has 0 aliphatic carbocycles. The van der Waals surface area contributed by atoms with Crippen molar-refractivity contribution in [2.24, 2.45) is 0 Å².